The summed E-state index contributed by atoms with van der Waals surface area (Å²) in [6, 6.07) is 0. The van der Waals surface area contributed by atoms with Crippen molar-refractivity contribution in [2.75, 3.05) is 0 Å². The standard InChI is InChI=1S/C6H12O2.Sr/c1-3-5(4-2)6(7)8;/h5H,3-4H2,1-2H3,(H,7,8);. The van der Waals surface area contributed by atoms with Gasteiger partial charge in [-0.15, -0.1) is 0 Å². The minimum Gasteiger partial charge on any atom is -0.481 e. The van der Waals surface area contributed by atoms with Crippen LogP contribution >= 0.6 is 0 Å². The maximum atomic E-state index is 10.2. The topological polar surface area (TPSA) is 37.3 Å². The Morgan fingerprint density at radius 3 is 1.78 bits per heavy atom. The third-order valence-electron chi connectivity index (χ3n) is 1.33. The van der Waals surface area contributed by atoms with E-state index in [-0.39, 0.29) is 51.4 Å². The van der Waals surface area contributed by atoms with Gasteiger partial charge in [0.15, 0.2) is 0 Å². The first-order chi connectivity index (χ1) is 3.72. The Hall–Kier alpha value is 0.951. The van der Waals surface area contributed by atoms with E-state index in [0.29, 0.717) is 0 Å². The minimum atomic E-state index is -0.671. The first kappa shape index (κ1) is 12.6. The van der Waals surface area contributed by atoms with E-state index in [1.54, 1.807) is 0 Å². The van der Waals surface area contributed by atoms with E-state index < -0.39 is 5.97 Å². The van der Waals surface area contributed by atoms with Gasteiger partial charge in [-0.05, 0) is 12.8 Å². The van der Waals surface area contributed by atoms with E-state index in [1.165, 1.54) is 0 Å². The van der Waals surface area contributed by atoms with Crippen molar-refractivity contribution in [3.63, 3.8) is 0 Å². The summed E-state index contributed by atoms with van der Waals surface area (Å²) in [5, 5.41) is 8.37. The molecule has 0 heterocycles. The molecule has 0 saturated carbocycles. The van der Waals surface area contributed by atoms with Crippen LogP contribution in [0.15, 0.2) is 0 Å². The van der Waals surface area contributed by atoms with Crippen molar-refractivity contribution in [2.24, 2.45) is 5.92 Å². The normalized spacial score (nSPS) is 8.78. The van der Waals surface area contributed by atoms with E-state index >= 15 is 0 Å². The van der Waals surface area contributed by atoms with Crippen LogP contribution in [0, 0.1) is 5.92 Å². The zero-order chi connectivity index (χ0) is 6.57. The first-order valence-electron chi connectivity index (χ1n) is 2.95. The Kier molecular flexibility index (Phi) is 9.90. The number of carbonyl (C=O) groups is 1. The molecule has 9 heavy (non-hydrogen) atoms. The third-order valence-corrected chi connectivity index (χ3v) is 1.33. The predicted octanol–water partition coefficient (Wildman–Crippen LogP) is 1.13. The SMILES string of the molecule is CCC(CC)C(=O)O.[Sr]. The summed E-state index contributed by atoms with van der Waals surface area (Å²) in [7, 11) is 0. The molecule has 3 heteroatoms. The van der Waals surface area contributed by atoms with Gasteiger partial charge in [0.1, 0.15) is 0 Å². The zero-order valence-corrected chi connectivity index (χ0v) is 9.53. The zero-order valence-electron chi connectivity index (χ0n) is 6.05. The average molecular weight is 204 g/mol. The van der Waals surface area contributed by atoms with Gasteiger partial charge < -0.3 is 5.11 Å². The quantitative estimate of drug-likeness (QED) is 0.699. The van der Waals surface area contributed by atoms with Gasteiger partial charge in [0, 0.05) is 45.5 Å². The van der Waals surface area contributed by atoms with Gasteiger partial charge in [-0.1, -0.05) is 13.8 Å². The molecule has 0 fully saturated rings. The molecule has 0 aromatic rings. The van der Waals surface area contributed by atoms with Gasteiger partial charge in [-0.25, -0.2) is 0 Å². The molecule has 0 aromatic carbocycles. The maximum Gasteiger partial charge on any atom is 0.306 e. The Morgan fingerprint density at radius 1 is 1.44 bits per heavy atom. The van der Waals surface area contributed by atoms with Crippen molar-refractivity contribution in [3.8, 4) is 0 Å². The number of hydrogen-bond donors (Lipinski definition) is 1. The van der Waals surface area contributed by atoms with Crippen LogP contribution < -0.4 is 0 Å². The van der Waals surface area contributed by atoms with E-state index in [0.717, 1.165) is 12.8 Å². The fourth-order valence-corrected chi connectivity index (χ4v) is 0.638. The Balaban J connectivity index is 0. The van der Waals surface area contributed by atoms with Crippen molar-refractivity contribution >= 4 is 51.5 Å². The summed E-state index contributed by atoms with van der Waals surface area (Å²) in [4.78, 5) is 10.2. The van der Waals surface area contributed by atoms with Crippen molar-refractivity contribution in [1.29, 1.82) is 0 Å². The molecular formula is C6H12O2Sr. The van der Waals surface area contributed by atoms with Crippen molar-refractivity contribution < 1.29 is 9.90 Å². The summed E-state index contributed by atoms with van der Waals surface area (Å²) >= 11 is 0. The van der Waals surface area contributed by atoms with Crippen LogP contribution in [-0.4, -0.2) is 56.6 Å². The molecule has 0 rings (SSSR count). The Labute approximate surface area is 92.9 Å². The van der Waals surface area contributed by atoms with Crippen LogP contribution in [0.25, 0.3) is 0 Å². The molecule has 0 aliphatic heterocycles. The van der Waals surface area contributed by atoms with Crippen LogP contribution in [0.5, 0.6) is 0 Å². The van der Waals surface area contributed by atoms with E-state index in [1.807, 2.05) is 13.8 Å². The van der Waals surface area contributed by atoms with Gasteiger partial charge in [-0.2, -0.15) is 0 Å². The summed E-state index contributed by atoms with van der Waals surface area (Å²) < 4.78 is 0. The number of carboxylic acid groups (broad SMARTS) is 1. The minimum absolute atomic E-state index is 0. The fourth-order valence-electron chi connectivity index (χ4n) is 0.638. The smallest absolute Gasteiger partial charge is 0.306 e. The molecule has 2 nitrogen and oxygen atoms in total. The van der Waals surface area contributed by atoms with Crippen molar-refractivity contribution in [1.82, 2.24) is 0 Å². The third kappa shape index (κ3) is 5.40. The monoisotopic (exact) mass is 204 g/mol. The molecule has 0 unspecified atom stereocenters. The van der Waals surface area contributed by atoms with Crippen LogP contribution in [0.3, 0.4) is 0 Å². The van der Waals surface area contributed by atoms with Crippen LogP contribution in [-0.2, 0) is 4.79 Å². The number of hydrogen-bond acceptors (Lipinski definition) is 1. The Bertz CT molecular complexity index is 79.1. The summed E-state index contributed by atoms with van der Waals surface area (Å²) in [5.41, 5.74) is 0. The molecule has 0 aromatic heterocycles. The summed E-state index contributed by atoms with van der Waals surface area (Å²) in [6.45, 7) is 3.78. The van der Waals surface area contributed by atoms with Gasteiger partial charge in [0.05, 0.1) is 5.92 Å². The molecule has 0 aliphatic carbocycles. The van der Waals surface area contributed by atoms with Crippen LogP contribution in [0.1, 0.15) is 26.7 Å². The molecule has 50 valence electrons. The fraction of sp³-hybridized carbons (Fsp3) is 0.833. The number of aliphatic carboxylic acids is 1. The largest absolute Gasteiger partial charge is 0.481 e. The predicted molar refractivity (Wildman–Crippen MR) is 37.5 cm³/mol. The molecule has 0 atom stereocenters. The molecule has 2 radical (unpaired) electrons. The molecule has 0 amide bonds. The molecule has 0 aliphatic rings. The van der Waals surface area contributed by atoms with E-state index in [4.69, 9.17) is 5.11 Å². The van der Waals surface area contributed by atoms with Crippen molar-refractivity contribution in [2.45, 2.75) is 26.7 Å². The van der Waals surface area contributed by atoms with Gasteiger partial charge in [0.2, 0.25) is 0 Å². The molecule has 0 saturated heterocycles. The molecule has 1 N–H and O–H groups in total. The average Bonchev–Trinajstić information content (AvgIpc) is 1.69. The van der Waals surface area contributed by atoms with E-state index in [9.17, 15) is 4.79 Å². The first-order valence-corrected chi connectivity index (χ1v) is 2.95. The summed E-state index contributed by atoms with van der Waals surface area (Å²) in [5.74, 6) is -0.801. The van der Waals surface area contributed by atoms with E-state index in [2.05, 4.69) is 0 Å². The Morgan fingerprint density at radius 2 is 1.78 bits per heavy atom. The number of rotatable bonds is 3. The maximum absolute atomic E-state index is 10.2. The molecule has 0 bridgehead atoms. The second kappa shape index (κ2) is 7.06. The van der Waals surface area contributed by atoms with Gasteiger partial charge in [0.25, 0.3) is 0 Å². The van der Waals surface area contributed by atoms with Gasteiger partial charge >= 0.3 is 5.97 Å². The molecular weight excluding hydrogens is 192 g/mol. The number of carboxylic acids is 1. The van der Waals surface area contributed by atoms with Crippen molar-refractivity contribution in [3.05, 3.63) is 0 Å². The van der Waals surface area contributed by atoms with Gasteiger partial charge in [-0.3, -0.25) is 4.79 Å². The van der Waals surface area contributed by atoms with Crippen LogP contribution in [0.4, 0.5) is 0 Å². The molecule has 0 spiro atoms. The van der Waals surface area contributed by atoms with Crippen LogP contribution in [0.2, 0.25) is 0 Å². The second-order valence-corrected chi connectivity index (χ2v) is 1.85. The second-order valence-electron chi connectivity index (χ2n) is 1.85. The summed E-state index contributed by atoms with van der Waals surface area (Å²) in [6.07, 6.45) is 1.48.